The number of fused-ring (bicyclic) bond motifs is 1. The number of hydrogen-bond acceptors (Lipinski definition) is 8. The Hall–Kier alpha value is -0.960. The van der Waals surface area contributed by atoms with Gasteiger partial charge in [0.15, 0.2) is 0 Å². The Morgan fingerprint density at radius 1 is 1.22 bits per heavy atom. The zero-order valence-corrected chi connectivity index (χ0v) is 16.5. The summed E-state index contributed by atoms with van der Waals surface area (Å²) in [4.78, 5) is 2.92. The van der Waals surface area contributed by atoms with Crippen LogP contribution in [0, 0.1) is 0 Å². The molecule has 1 aromatic heterocycles. The summed E-state index contributed by atoms with van der Waals surface area (Å²) in [6.07, 6.45) is -6.47. The minimum Gasteiger partial charge on any atom is -0.460 e. The summed E-state index contributed by atoms with van der Waals surface area (Å²) in [5.41, 5.74) is 0.635. The van der Waals surface area contributed by atoms with Crippen LogP contribution < -0.4 is 4.74 Å². The third kappa shape index (κ3) is 4.39. The number of hydrogen-bond donors (Lipinski definition) is 5. The Balaban J connectivity index is 1.84. The van der Waals surface area contributed by atoms with Crippen molar-refractivity contribution >= 4 is 48.8 Å². The van der Waals surface area contributed by atoms with Crippen LogP contribution in [-0.4, -0.2) is 70.6 Å². The van der Waals surface area contributed by atoms with Crippen molar-refractivity contribution in [1.29, 1.82) is 0 Å². The number of halogens is 2. The van der Waals surface area contributed by atoms with Gasteiger partial charge in [-0.2, -0.15) is 8.42 Å². The van der Waals surface area contributed by atoms with Crippen molar-refractivity contribution in [3.63, 3.8) is 0 Å². The fourth-order valence-corrected chi connectivity index (χ4v) is 3.54. The van der Waals surface area contributed by atoms with Gasteiger partial charge in [0.25, 0.3) is 0 Å². The molecular weight excluding hydrogens is 474 g/mol. The molecule has 2 heterocycles. The Morgan fingerprint density at radius 2 is 1.93 bits per heavy atom. The van der Waals surface area contributed by atoms with E-state index in [1.807, 2.05) is 0 Å². The zero-order valence-electron chi connectivity index (χ0n) is 13.3. The molecule has 0 aliphatic carbocycles. The molecule has 1 aromatic carbocycles. The topological polar surface area (TPSA) is 159 Å². The van der Waals surface area contributed by atoms with E-state index >= 15 is 0 Å². The third-order valence-electron chi connectivity index (χ3n) is 3.99. The molecule has 3 rings (SSSR count). The second-order valence-corrected chi connectivity index (χ2v) is 8.11. The largest absolute Gasteiger partial charge is 0.460 e. The van der Waals surface area contributed by atoms with Crippen molar-refractivity contribution in [2.24, 2.45) is 0 Å². The van der Waals surface area contributed by atoms with Gasteiger partial charge in [0.05, 0.1) is 22.5 Å². The van der Waals surface area contributed by atoms with Crippen LogP contribution in [0.1, 0.15) is 0 Å². The van der Waals surface area contributed by atoms with Gasteiger partial charge in [-0.1, -0.05) is 11.6 Å². The molecule has 0 amide bonds. The molecule has 0 spiro atoms. The van der Waals surface area contributed by atoms with Crippen LogP contribution >= 0.6 is 27.5 Å². The van der Waals surface area contributed by atoms with E-state index in [1.54, 1.807) is 12.1 Å². The second-order valence-electron chi connectivity index (χ2n) is 5.78. The molecule has 1 aliphatic heterocycles. The summed E-state index contributed by atoms with van der Waals surface area (Å²) in [5.74, 6) is 0.193. The molecule has 1 unspecified atom stereocenters. The highest BCUT2D eigenvalue weighted by Gasteiger charge is 2.45. The lowest BCUT2D eigenvalue weighted by molar-refractivity contribution is -0.276. The third-order valence-corrected chi connectivity index (χ3v) is 5.71. The molecule has 27 heavy (non-hydrogen) atoms. The van der Waals surface area contributed by atoms with Gasteiger partial charge >= 0.3 is 10.4 Å². The van der Waals surface area contributed by atoms with E-state index in [0.717, 1.165) is 0 Å². The maximum Gasteiger partial charge on any atom is 0.397 e. The van der Waals surface area contributed by atoms with Gasteiger partial charge < -0.3 is 29.8 Å². The minimum atomic E-state index is -4.79. The van der Waals surface area contributed by atoms with Gasteiger partial charge in [-0.05, 0) is 28.1 Å². The highest BCUT2D eigenvalue weighted by atomic mass is 79.9. The first-order chi connectivity index (χ1) is 12.6. The van der Waals surface area contributed by atoms with E-state index < -0.39 is 47.7 Å². The van der Waals surface area contributed by atoms with Crippen molar-refractivity contribution in [3.8, 4) is 5.75 Å². The van der Waals surface area contributed by atoms with Crippen LogP contribution in [0.4, 0.5) is 0 Å². The van der Waals surface area contributed by atoms with Crippen LogP contribution in [0.3, 0.4) is 0 Å². The molecule has 1 fully saturated rings. The number of H-pyrrole nitrogens is 1. The van der Waals surface area contributed by atoms with Gasteiger partial charge in [-0.15, -0.1) is 0 Å². The molecular formula is C14H15BrClNO9S. The van der Waals surface area contributed by atoms with Gasteiger partial charge in [0, 0.05) is 10.7 Å². The van der Waals surface area contributed by atoms with Gasteiger partial charge in [-0.25, -0.2) is 4.18 Å². The first-order valence-corrected chi connectivity index (χ1v) is 10.1. The first-order valence-electron chi connectivity index (χ1n) is 7.51. The number of aliphatic hydroxyl groups excluding tert-OH is 3. The van der Waals surface area contributed by atoms with Crippen LogP contribution in [0.15, 0.2) is 22.8 Å². The average Bonchev–Trinajstić information content (AvgIpc) is 3.00. The zero-order chi connectivity index (χ0) is 19.9. The van der Waals surface area contributed by atoms with Gasteiger partial charge in [-0.3, -0.25) is 4.55 Å². The molecule has 1 aliphatic rings. The lowest BCUT2D eigenvalue weighted by Crippen LogP contribution is -2.60. The average molecular weight is 489 g/mol. The predicted octanol–water partition coefficient (Wildman–Crippen LogP) is 0.590. The summed E-state index contributed by atoms with van der Waals surface area (Å²) >= 11 is 9.54. The Bertz CT molecular complexity index is 936. The summed E-state index contributed by atoms with van der Waals surface area (Å²) in [7, 11) is -4.79. The number of aliphatic hydroxyl groups is 3. The molecule has 10 nitrogen and oxygen atoms in total. The van der Waals surface area contributed by atoms with Crippen LogP contribution in [0.5, 0.6) is 5.75 Å². The number of benzene rings is 1. The summed E-state index contributed by atoms with van der Waals surface area (Å²) in [5, 5.41) is 30.9. The molecule has 5 atom stereocenters. The van der Waals surface area contributed by atoms with Crippen LogP contribution in [0.25, 0.3) is 10.9 Å². The predicted molar refractivity (Wildman–Crippen MR) is 95.8 cm³/mol. The number of rotatable bonds is 5. The second kappa shape index (κ2) is 7.81. The van der Waals surface area contributed by atoms with Crippen LogP contribution in [0.2, 0.25) is 5.02 Å². The van der Waals surface area contributed by atoms with Gasteiger partial charge in [0.2, 0.25) is 6.29 Å². The fraction of sp³-hybridized carbons (Fsp3) is 0.429. The Morgan fingerprint density at radius 3 is 2.59 bits per heavy atom. The monoisotopic (exact) mass is 487 g/mol. The van der Waals surface area contributed by atoms with E-state index in [2.05, 4.69) is 25.1 Å². The molecule has 150 valence electrons. The van der Waals surface area contributed by atoms with Gasteiger partial charge in [0.1, 0.15) is 30.2 Å². The van der Waals surface area contributed by atoms with Crippen molar-refractivity contribution in [2.75, 3.05) is 6.61 Å². The Labute approximate surface area is 166 Å². The summed E-state index contributed by atoms with van der Waals surface area (Å²) in [6, 6.07) is 3.46. The molecule has 5 N–H and O–H groups in total. The van der Waals surface area contributed by atoms with E-state index in [4.69, 9.17) is 25.6 Å². The standard InChI is InChI=1S/C14H15BrClNO9S/c15-5-1-2-6-9(10(5)16)7(3-17-6)25-14-13(20)12(19)11(18)8(26-14)4-24-27(21,22)23/h1-3,8,11-14,17-20H,4H2,(H,21,22,23)/t8?,11-,12-,13-,14+/m0/s1. The lowest BCUT2D eigenvalue weighted by Gasteiger charge is -2.39. The lowest BCUT2D eigenvalue weighted by atomic mass is 9.99. The van der Waals surface area contributed by atoms with E-state index in [1.165, 1.54) is 6.20 Å². The quantitative estimate of drug-likeness (QED) is 0.380. The highest BCUT2D eigenvalue weighted by molar-refractivity contribution is 9.10. The van der Waals surface area contributed by atoms with Crippen molar-refractivity contribution in [1.82, 2.24) is 4.98 Å². The minimum absolute atomic E-state index is 0.193. The number of aromatic nitrogens is 1. The summed E-state index contributed by atoms with van der Waals surface area (Å²) in [6.45, 7) is -0.802. The molecule has 0 saturated carbocycles. The molecule has 0 bridgehead atoms. The molecule has 13 heteroatoms. The first kappa shape index (κ1) is 20.8. The SMILES string of the molecule is O=S(=O)(O)OCC1O[C@@H](Oc2c[nH]c3ccc(Br)c(Cl)c23)[C@@H](O)[C@@H](O)[C@H]1O. The fourth-order valence-electron chi connectivity index (χ4n) is 2.65. The van der Waals surface area contributed by atoms with Crippen molar-refractivity contribution in [2.45, 2.75) is 30.7 Å². The number of ether oxygens (including phenoxy) is 2. The van der Waals surface area contributed by atoms with E-state index in [9.17, 15) is 23.7 Å². The molecule has 2 aromatic rings. The Kier molecular flexibility index (Phi) is 6.01. The number of aromatic amines is 1. The maximum atomic E-state index is 10.7. The maximum absolute atomic E-state index is 10.7. The van der Waals surface area contributed by atoms with E-state index in [-0.39, 0.29) is 5.75 Å². The van der Waals surface area contributed by atoms with Crippen molar-refractivity contribution < 1.29 is 41.9 Å². The van der Waals surface area contributed by atoms with Crippen LogP contribution in [-0.2, 0) is 19.3 Å². The summed E-state index contributed by atoms with van der Waals surface area (Å²) < 4.78 is 45.7. The van der Waals surface area contributed by atoms with E-state index in [0.29, 0.717) is 20.4 Å². The normalized spacial score (nSPS) is 29.2. The van der Waals surface area contributed by atoms with Crippen molar-refractivity contribution in [3.05, 3.63) is 27.8 Å². The number of nitrogens with one attached hydrogen (secondary N) is 1. The molecule has 0 radical (unpaired) electrons. The molecule has 1 saturated heterocycles. The highest BCUT2D eigenvalue weighted by Crippen LogP contribution is 2.38. The smallest absolute Gasteiger partial charge is 0.397 e.